The predicted octanol–water partition coefficient (Wildman–Crippen LogP) is 3.49. The summed E-state index contributed by atoms with van der Waals surface area (Å²) in [4.78, 5) is 30.1. The number of alkyl halides is 3. The van der Waals surface area contributed by atoms with Crippen molar-refractivity contribution < 1.29 is 35.6 Å². The first-order valence-corrected chi connectivity index (χ1v) is 13.2. The molecule has 0 aliphatic heterocycles. The number of fused-ring (bicyclic) bond motifs is 2. The summed E-state index contributed by atoms with van der Waals surface area (Å²) in [7, 11) is -2.56. The van der Waals surface area contributed by atoms with E-state index in [2.05, 4.69) is 25.5 Å². The first kappa shape index (κ1) is 27.1. The molecule has 0 spiro atoms. The molecule has 1 N–H and O–H groups in total. The number of nitrogens with zero attached hydrogens (tertiary/aromatic N) is 6. The quantitative estimate of drug-likeness (QED) is 0.230. The Kier molecular flexibility index (Phi) is 6.75. The summed E-state index contributed by atoms with van der Waals surface area (Å²) in [5, 5.41) is 3.70. The number of sulfone groups is 1. The van der Waals surface area contributed by atoms with E-state index in [4.69, 9.17) is 4.84 Å². The topological polar surface area (TPSA) is 133 Å². The molecule has 0 saturated heterocycles. The van der Waals surface area contributed by atoms with Crippen LogP contribution in [0.25, 0.3) is 28.1 Å². The number of hydroxylamine groups is 1. The van der Waals surface area contributed by atoms with Crippen LogP contribution in [0.4, 0.5) is 17.6 Å². The van der Waals surface area contributed by atoms with E-state index in [0.29, 0.717) is 5.56 Å². The Hall–Kier alpha value is -4.44. The van der Waals surface area contributed by atoms with Crippen molar-refractivity contribution in [3.63, 3.8) is 0 Å². The maximum atomic E-state index is 13.2. The van der Waals surface area contributed by atoms with Gasteiger partial charge in [-0.15, -0.1) is 0 Å². The van der Waals surface area contributed by atoms with Crippen LogP contribution in [-0.4, -0.2) is 49.2 Å². The average molecular weight is 578 g/mol. The lowest BCUT2D eigenvalue weighted by atomic mass is 10.2. The van der Waals surface area contributed by atoms with Crippen molar-refractivity contribution >= 4 is 32.4 Å². The molecule has 0 aliphatic carbocycles. The molecular formula is C24H19F4N7O4S. The Morgan fingerprint density at radius 2 is 1.85 bits per heavy atom. The number of amides is 1. The van der Waals surface area contributed by atoms with Gasteiger partial charge in [-0.3, -0.25) is 9.63 Å². The van der Waals surface area contributed by atoms with Crippen LogP contribution in [0.3, 0.4) is 0 Å². The maximum absolute atomic E-state index is 13.2. The molecule has 5 aromatic rings. The monoisotopic (exact) mass is 577 g/mol. The minimum Gasteiger partial charge on any atom is -0.326 e. The molecule has 4 heterocycles. The van der Waals surface area contributed by atoms with E-state index in [1.165, 1.54) is 55.1 Å². The zero-order valence-corrected chi connectivity index (χ0v) is 21.6. The molecule has 1 amide bonds. The molecule has 208 valence electrons. The van der Waals surface area contributed by atoms with E-state index >= 15 is 0 Å². The van der Waals surface area contributed by atoms with Crippen molar-refractivity contribution in [1.29, 1.82) is 0 Å². The molecule has 1 aromatic carbocycles. The summed E-state index contributed by atoms with van der Waals surface area (Å²) in [5.74, 6) is -1.64. The molecule has 0 bridgehead atoms. The Morgan fingerprint density at radius 1 is 1.12 bits per heavy atom. The number of hydrogen-bond donors (Lipinski definition) is 1. The van der Waals surface area contributed by atoms with Crippen molar-refractivity contribution in [2.75, 3.05) is 5.75 Å². The molecule has 16 heteroatoms. The van der Waals surface area contributed by atoms with E-state index in [-0.39, 0.29) is 46.1 Å². The van der Waals surface area contributed by atoms with Crippen LogP contribution < -0.4 is 5.48 Å². The zero-order chi connectivity index (χ0) is 28.8. The first-order valence-electron chi connectivity index (χ1n) is 11.6. The molecular weight excluding hydrogens is 558 g/mol. The second-order valence-corrected chi connectivity index (χ2v) is 10.7. The van der Waals surface area contributed by atoms with Gasteiger partial charge in [0.1, 0.15) is 28.6 Å². The first-order chi connectivity index (χ1) is 18.9. The van der Waals surface area contributed by atoms with Crippen LogP contribution in [-0.2, 0) is 34.5 Å². The molecule has 0 fully saturated rings. The van der Waals surface area contributed by atoms with Gasteiger partial charge in [0.05, 0.1) is 29.6 Å². The highest BCUT2D eigenvalue weighted by Crippen LogP contribution is 2.34. The van der Waals surface area contributed by atoms with Crippen molar-refractivity contribution in [1.82, 2.24) is 34.6 Å². The smallest absolute Gasteiger partial charge is 0.326 e. The predicted molar refractivity (Wildman–Crippen MR) is 132 cm³/mol. The maximum Gasteiger partial charge on any atom is 0.433 e. The molecule has 4 aromatic heterocycles. The Labute approximate surface area is 223 Å². The normalized spacial score (nSPS) is 12.3. The lowest BCUT2D eigenvalue weighted by molar-refractivity contribution is -0.141. The van der Waals surface area contributed by atoms with E-state index in [9.17, 15) is 30.8 Å². The SMILES string of the molecule is CCS(=O)(=O)c1nn2c(C(=O)NOCc3ccc(F)cc3)ccnc2c1-c1nc2cc(C(F)(F)F)ncc2n1C. The second kappa shape index (κ2) is 9.95. The Morgan fingerprint density at radius 3 is 2.52 bits per heavy atom. The van der Waals surface area contributed by atoms with E-state index in [0.717, 1.165) is 16.8 Å². The third kappa shape index (κ3) is 4.86. The number of carbonyl (C=O) groups excluding carboxylic acids is 1. The second-order valence-electron chi connectivity index (χ2n) is 8.55. The number of imidazole rings is 1. The number of carbonyl (C=O) groups is 1. The van der Waals surface area contributed by atoms with Gasteiger partial charge in [0.2, 0.25) is 0 Å². The van der Waals surface area contributed by atoms with Crippen LogP contribution in [0.15, 0.2) is 53.8 Å². The van der Waals surface area contributed by atoms with Crippen LogP contribution in [0.2, 0.25) is 0 Å². The fraction of sp³-hybridized carbons (Fsp3) is 0.208. The molecule has 5 rings (SSSR count). The highest BCUT2D eigenvalue weighted by molar-refractivity contribution is 7.91. The van der Waals surface area contributed by atoms with Crippen LogP contribution in [0.1, 0.15) is 28.7 Å². The minimum absolute atomic E-state index is 0.0456. The lowest BCUT2D eigenvalue weighted by Crippen LogP contribution is -2.26. The fourth-order valence-electron chi connectivity index (χ4n) is 3.93. The summed E-state index contributed by atoms with van der Waals surface area (Å²) < 4.78 is 81.3. The molecule has 0 unspecified atom stereocenters. The zero-order valence-electron chi connectivity index (χ0n) is 20.8. The van der Waals surface area contributed by atoms with Gasteiger partial charge in [0.25, 0.3) is 5.91 Å². The van der Waals surface area contributed by atoms with E-state index < -0.39 is 38.5 Å². The number of hydrogen-bond acceptors (Lipinski definition) is 8. The van der Waals surface area contributed by atoms with Crippen molar-refractivity contribution in [2.24, 2.45) is 7.05 Å². The summed E-state index contributed by atoms with van der Waals surface area (Å²) in [5.41, 5.74) is 1.42. The van der Waals surface area contributed by atoms with Crippen molar-refractivity contribution in [3.8, 4) is 11.4 Å². The molecule has 0 radical (unpaired) electrons. The number of aromatic nitrogens is 6. The number of pyridine rings is 1. The molecule has 11 nitrogen and oxygen atoms in total. The van der Waals surface area contributed by atoms with Gasteiger partial charge in [0, 0.05) is 13.2 Å². The number of halogens is 4. The van der Waals surface area contributed by atoms with E-state index in [1.807, 2.05) is 0 Å². The third-order valence-corrected chi connectivity index (χ3v) is 7.63. The minimum atomic E-state index is -4.71. The molecule has 40 heavy (non-hydrogen) atoms. The lowest BCUT2D eigenvalue weighted by Gasteiger charge is -2.07. The van der Waals surface area contributed by atoms with Gasteiger partial charge in [0.15, 0.2) is 20.5 Å². The van der Waals surface area contributed by atoms with Gasteiger partial charge in [-0.1, -0.05) is 19.1 Å². The molecule has 0 saturated carbocycles. The van der Waals surface area contributed by atoms with Crippen LogP contribution in [0, 0.1) is 5.82 Å². The number of benzene rings is 1. The fourth-order valence-corrected chi connectivity index (χ4v) is 4.91. The van der Waals surface area contributed by atoms with Crippen LogP contribution in [0.5, 0.6) is 0 Å². The summed E-state index contributed by atoms with van der Waals surface area (Å²) in [6.07, 6.45) is -2.49. The number of rotatable bonds is 7. The van der Waals surface area contributed by atoms with Crippen LogP contribution >= 0.6 is 0 Å². The van der Waals surface area contributed by atoms with Gasteiger partial charge in [-0.25, -0.2) is 37.8 Å². The van der Waals surface area contributed by atoms with Crippen molar-refractivity contribution in [2.45, 2.75) is 24.7 Å². The average Bonchev–Trinajstić information content (AvgIpc) is 3.47. The Bertz CT molecular complexity index is 1870. The van der Waals surface area contributed by atoms with E-state index in [1.54, 1.807) is 0 Å². The Balaban J connectivity index is 1.60. The summed E-state index contributed by atoms with van der Waals surface area (Å²) in [6, 6.07) is 7.43. The van der Waals surface area contributed by atoms with Crippen molar-refractivity contribution in [3.05, 3.63) is 71.6 Å². The third-order valence-electron chi connectivity index (χ3n) is 5.99. The highest BCUT2D eigenvalue weighted by atomic mass is 32.2. The number of nitrogens with one attached hydrogen (secondary N) is 1. The molecule has 0 aliphatic rings. The number of aryl methyl sites for hydroxylation is 1. The highest BCUT2D eigenvalue weighted by Gasteiger charge is 2.34. The van der Waals surface area contributed by atoms with Gasteiger partial charge < -0.3 is 4.57 Å². The van der Waals surface area contributed by atoms with Gasteiger partial charge >= 0.3 is 6.18 Å². The summed E-state index contributed by atoms with van der Waals surface area (Å²) in [6.45, 7) is 1.30. The molecule has 0 atom stereocenters. The largest absolute Gasteiger partial charge is 0.433 e. The van der Waals surface area contributed by atoms with Gasteiger partial charge in [-0.05, 0) is 29.8 Å². The standard InChI is InChI=1S/C24H19F4N7O4S/c1-3-40(37,38)23-19(21-31-15-10-18(24(26,27)28)30-11-17(15)34(21)2)20-29-9-8-16(35(20)32-23)22(36)33-39-12-13-4-6-14(25)7-5-13/h4-11H,3,12H2,1-2H3,(H,33,36). The van der Waals surface area contributed by atoms with Gasteiger partial charge in [-0.2, -0.15) is 18.3 Å². The summed E-state index contributed by atoms with van der Waals surface area (Å²) >= 11 is 0.